The SMILES string of the molecule is COC(=O)C1CCCN(c2nc3cc(C(C)C)ccc3o2)C1. The predicted octanol–water partition coefficient (Wildman–Crippen LogP) is 3.34. The molecule has 0 aliphatic carbocycles. The van der Waals surface area contributed by atoms with Gasteiger partial charge in [0.05, 0.1) is 13.0 Å². The zero-order valence-corrected chi connectivity index (χ0v) is 13.3. The molecule has 118 valence electrons. The third kappa shape index (κ3) is 2.80. The number of nitrogens with zero attached hydrogens (tertiary/aromatic N) is 2. The largest absolute Gasteiger partial charge is 0.469 e. The van der Waals surface area contributed by atoms with Crippen molar-refractivity contribution in [2.24, 2.45) is 5.92 Å². The minimum absolute atomic E-state index is 0.0972. The van der Waals surface area contributed by atoms with E-state index in [0.29, 0.717) is 18.5 Å². The van der Waals surface area contributed by atoms with E-state index >= 15 is 0 Å². The van der Waals surface area contributed by atoms with Gasteiger partial charge in [0.1, 0.15) is 5.52 Å². The average Bonchev–Trinajstić information content (AvgIpc) is 2.97. The van der Waals surface area contributed by atoms with Crippen molar-refractivity contribution in [3.63, 3.8) is 0 Å². The van der Waals surface area contributed by atoms with Gasteiger partial charge in [-0.3, -0.25) is 4.79 Å². The minimum Gasteiger partial charge on any atom is -0.469 e. The number of oxazole rings is 1. The third-order valence-corrected chi connectivity index (χ3v) is 4.29. The van der Waals surface area contributed by atoms with Crippen molar-refractivity contribution in [1.82, 2.24) is 4.98 Å². The Bertz CT molecular complexity index is 678. The first-order chi connectivity index (χ1) is 10.6. The summed E-state index contributed by atoms with van der Waals surface area (Å²) in [6.45, 7) is 5.79. The van der Waals surface area contributed by atoms with Crippen molar-refractivity contribution in [2.75, 3.05) is 25.1 Å². The second-order valence-corrected chi connectivity index (χ2v) is 6.19. The van der Waals surface area contributed by atoms with Crippen molar-refractivity contribution in [1.29, 1.82) is 0 Å². The number of anilines is 1. The number of rotatable bonds is 3. The van der Waals surface area contributed by atoms with Gasteiger partial charge in [0.25, 0.3) is 6.01 Å². The van der Waals surface area contributed by atoms with Crippen molar-refractivity contribution < 1.29 is 13.9 Å². The fraction of sp³-hybridized carbons (Fsp3) is 0.529. The van der Waals surface area contributed by atoms with Crippen LogP contribution in [0.4, 0.5) is 6.01 Å². The number of hydrogen-bond donors (Lipinski definition) is 0. The van der Waals surface area contributed by atoms with Gasteiger partial charge in [0, 0.05) is 13.1 Å². The van der Waals surface area contributed by atoms with Crippen LogP contribution in [0.1, 0.15) is 38.2 Å². The molecule has 0 N–H and O–H groups in total. The number of methoxy groups -OCH3 is 1. The molecule has 0 spiro atoms. The molecule has 1 aromatic heterocycles. The first-order valence-electron chi connectivity index (χ1n) is 7.81. The highest BCUT2D eigenvalue weighted by atomic mass is 16.5. The van der Waals surface area contributed by atoms with Crippen molar-refractivity contribution in [3.05, 3.63) is 23.8 Å². The molecule has 0 bridgehead atoms. The van der Waals surface area contributed by atoms with Gasteiger partial charge in [-0.1, -0.05) is 19.9 Å². The molecule has 5 heteroatoms. The van der Waals surface area contributed by atoms with Gasteiger partial charge < -0.3 is 14.1 Å². The number of carbonyl (C=O) groups excluding carboxylic acids is 1. The number of benzene rings is 1. The zero-order valence-electron chi connectivity index (χ0n) is 13.3. The monoisotopic (exact) mass is 302 g/mol. The lowest BCUT2D eigenvalue weighted by Gasteiger charge is -2.29. The van der Waals surface area contributed by atoms with Crippen LogP contribution in [0.25, 0.3) is 11.1 Å². The summed E-state index contributed by atoms with van der Waals surface area (Å²) in [5, 5.41) is 0. The Balaban J connectivity index is 1.85. The number of carbonyl (C=O) groups is 1. The average molecular weight is 302 g/mol. The lowest BCUT2D eigenvalue weighted by molar-refractivity contribution is -0.145. The molecular weight excluding hydrogens is 280 g/mol. The number of aromatic nitrogens is 1. The molecule has 22 heavy (non-hydrogen) atoms. The maximum absolute atomic E-state index is 11.7. The first kappa shape index (κ1) is 14.9. The van der Waals surface area contributed by atoms with Crippen LogP contribution in [-0.4, -0.2) is 31.2 Å². The van der Waals surface area contributed by atoms with E-state index in [2.05, 4.69) is 31.0 Å². The summed E-state index contributed by atoms with van der Waals surface area (Å²) in [4.78, 5) is 18.4. The molecule has 0 amide bonds. The lowest BCUT2D eigenvalue weighted by atomic mass is 9.99. The van der Waals surface area contributed by atoms with Crippen molar-refractivity contribution >= 4 is 23.1 Å². The van der Waals surface area contributed by atoms with Crippen LogP contribution in [0, 0.1) is 5.92 Å². The Labute approximate surface area is 130 Å². The van der Waals surface area contributed by atoms with Gasteiger partial charge in [-0.05, 0) is 36.5 Å². The molecule has 1 saturated heterocycles. The van der Waals surface area contributed by atoms with E-state index in [1.54, 1.807) is 0 Å². The van der Waals surface area contributed by atoms with Crippen LogP contribution in [0.15, 0.2) is 22.6 Å². The molecule has 1 atom stereocenters. The molecule has 3 rings (SSSR count). The van der Waals surface area contributed by atoms with Crippen LogP contribution >= 0.6 is 0 Å². The van der Waals surface area contributed by atoms with E-state index in [4.69, 9.17) is 9.15 Å². The Morgan fingerprint density at radius 2 is 2.27 bits per heavy atom. The predicted molar refractivity (Wildman–Crippen MR) is 85.1 cm³/mol. The molecular formula is C17H22N2O3. The second-order valence-electron chi connectivity index (χ2n) is 6.19. The Hall–Kier alpha value is -2.04. The molecule has 1 unspecified atom stereocenters. The third-order valence-electron chi connectivity index (χ3n) is 4.29. The minimum atomic E-state index is -0.150. The topological polar surface area (TPSA) is 55.6 Å². The summed E-state index contributed by atoms with van der Waals surface area (Å²) < 4.78 is 10.7. The smallest absolute Gasteiger partial charge is 0.310 e. The number of fused-ring (bicyclic) bond motifs is 1. The quantitative estimate of drug-likeness (QED) is 0.814. The Morgan fingerprint density at radius 1 is 1.45 bits per heavy atom. The molecule has 5 nitrogen and oxygen atoms in total. The summed E-state index contributed by atoms with van der Waals surface area (Å²) in [5.41, 5.74) is 2.92. The molecule has 1 aliphatic heterocycles. The van der Waals surface area contributed by atoms with E-state index in [1.165, 1.54) is 12.7 Å². The zero-order chi connectivity index (χ0) is 15.7. The highest BCUT2D eigenvalue weighted by molar-refractivity contribution is 5.76. The molecule has 2 heterocycles. The second kappa shape index (κ2) is 5.99. The number of hydrogen-bond acceptors (Lipinski definition) is 5. The summed E-state index contributed by atoms with van der Waals surface area (Å²) in [6, 6.07) is 6.73. The van der Waals surface area contributed by atoms with E-state index in [-0.39, 0.29) is 11.9 Å². The normalized spacial score (nSPS) is 18.9. The van der Waals surface area contributed by atoms with Crippen LogP contribution in [-0.2, 0) is 9.53 Å². The van der Waals surface area contributed by atoms with Gasteiger partial charge in [-0.25, -0.2) is 0 Å². The van der Waals surface area contributed by atoms with Crippen LogP contribution in [0.3, 0.4) is 0 Å². The number of piperidine rings is 1. The van der Waals surface area contributed by atoms with Gasteiger partial charge in [0.2, 0.25) is 0 Å². The van der Waals surface area contributed by atoms with Crippen LogP contribution < -0.4 is 4.90 Å². The molecule has 2 aromatic rings. The molecule has 0 saturated carbocycles. The van der Waals surface area contributed by atoms with Gasteiger partial charge >= 0.3 is 5.97 Å². The lowest BCUT2D eigenvalue weighted by Crippen LogP contribution is -2.39. The van der Waals surface area contributed by atoms with E-state index in [9.17, 15) is 4.79 Å². The van der Waals surface area contributed by atoms with Crippen molar-refractivity contribution in [2.45, 2.75) is 32.6 Å². The van der Waals surface area contributed by atoms with E-state index < -0.39 is 0 Å². The molecule has 1 aliphatic rings. The Morgan fingerprint density at radius 3 is 3.00 bits per heavy atom. The number of esters is 1. The summed E-state index contributed by atoms with van der Waals surface area (Å²) in [6.07, 6.45) is 1.80. The molecule has 1 fully saturated rings. The fourth-order valence-electron chi connectivity index (χ4n) is 2.94. The highest BCUT2D eigenvalue weighted by Gasteiger charge is 2.28. The van der Waals surface area contributed by atoms with E-state index in [1.807, 2.05) is 11.0 Å². The summed E-state index contributed by atoms with van der Waals surface area (Å²) in [7, 11) is 1.44. The maximum Gasteiger partial charge on any atom is 0.310 e. The number of ether oxygens (including phenoxy) is 1. The van der Waals surface area contributed by atoms with E-state index in [0.717, 1.165) is 30.5 Å². The van der Waals surface area contributed by atoms with Gasteiger partial charge in [0.15, 0.2) is 5.58 Å². The highest BCUT2D eigenvalue weighted by Crippen LogP contribution is 2.28. The van der Waals surface area contributed by atoms with Crippen LogP contribution in [0.2, 0.25) is 0 Å². The van der Waals surface area contributed by atoms with Crippen molar-refractivity contribution in [3.8, 4) is 0 Å². The van der Waals surface area contributed by atoms with Gasteiger partial charge in [-0.2, -0.15) is 4.98 Å². The first-order valence-corrected chi connectivity index (χ1v) is 7.81. The summed E-state index contributed by atoms with van der Waals surface area (Å²) in [5.74, 6) is 0.214. The molecule has 0 radical (unpaired) electrons. The summed E-state index contributed by atoms with van der Waals surface area (Å²) >= 11 is 0. The fourth-order valence-corrected chi connectivity index (χ4v) is 2.94. The standard InChI is InChI=1S/C17H22N2O3/c1-11(2)12-6-7-15-14(9-12)18-17(22-15)19-8-4-5-13(10-19)16(20)21-3/h6-7,9,11,13H,4-5,8,10H2,1-3H3. The molecule has 1 aromatic carbocycles. The maximum atomic E-state index is 11.7. The Kier molecular flexibility index (Phi) is 4.05. The van der Waals surface area contributed by atoms with Gasteiger partial charge in [-0.15, -0.1) is 0 Å². The van der Waals surface area contributed by atoms with Crippen LogP contribution in [0.5, 0.6) is 0 Å².